The largest absolute Gasteiger partial charge is 0.493 e. The maximum absolute atomic E-state index is 12.1. The molecule has 1 amide bonds. The van der Waals surface area contributed by atoms with Gasteiger partial charge in [-0.25, -0.2) is 0 Å². The van der Waals surface area contributed by atoms with Crippen LogP contribution in [0, 0.1) is 0 Å². The first-order valence-electron chi connectivity index (χ1n) is 5.64. The van der Waals surface area contributed by atoms with E-state index in [1.54, 1.807) is 24.1 Å². The second-order valence-electron chi connectivity index (χ2n) is 3.73. The Morgan fingerprint density at radius 3 is 1.94 bits per heavy atom. The first kappa shape index (κ1) is 14.2. The predicted molar refractivity (Wildman–Crippen MR) is 68.7 cm³/mol. The maximum Gasteiger partial charge on any atom is 0.253 e. The van der Waals surface area contributed by atoms with Gasteiger partial charge in [-0.1, -0.05) is 0 Å². The summed E-state index contributed by atoms with van der Waals surface area (Å²) in [6, 6.07) is 3.30. The van der Waals surface area contributed by atoms with Gasteiger partial charge in [-0.3, -0.25) is 4.79 Å². The number of methoxy groups -OCH3 is 3. The molecule has 18 heavy (non-hydrogen) atoms. The minimum absolute atomic E-state index is 0.0863. The number of benzene rings is 1. The quantitative estimate of drug-likeness (QED) is 0.803. The molecule has 0 saturated carbocycles. The van der Waals surface area contributed by atoms with E-state index < -0.39 is 0 Å². The van der Waals surface area contributed by atoms with Gasteiger partial charge in [0.1, 0.15) is 0 Å². The Bertz CT molecular complexity index is 406. The van der Waals surface area contributed by atoms with Gasteiger partial charge in [0, 0.05) is 19.2 Å². The van der Waals surface area contributed by atoms with Crippen LogP contribution >= 0.6 is 0 Å². The molecule has 0 N–H and O–H groups in total. The van der Waals surface area contributed by atoms with Gasteiger partial charge in [-0.2, -0.15) is 0 Å². The molecule has 0 aliphatic heterocycles. The lowest BCUT2D eigenvalue weighted by molar-refractivity contribution is 0.0801. The van der Waals surface area contributed by atoms with Crippen molar-refractivity contribution < 1.29 is 19.0 Å². The Hall–Kier alpha value is -1.91. The van der Waals surface area contributed by atoms with Crippen molar-refractivity contribution in [1.82, 2.24) is 4.90 Å². The third-order valence-corrected chi connectivity index (χ3v) is 2.73. The molecule has 0 saturated heterocycles. The zero-order valence-corrected chi connectivity index (χ0v) is 11.4. The summed E-state index contributed by atoms with van der Waals surface area (Å²) in [4.78, 5) is 13.7. The summed E-state index contributed by atoms with van der Waals surface area (Å²) in [7, 11) is 6.32. The molecule has 0 unspecified atom stereocenters. The van der Waals surface area contributed by atoms with Crippen LogP contribution in [0.3, 0.4) is 0 Å². The van der Waals surface area contributed by atoms with Crippen LogP contribution in [0.4, 0.5) is 0 Å². The third-order valence-electron chi connectivity index (χ3n) is 2.73. The average molecular weight is 253 g/mol. The number of nitrogens with zero attached hydrogens (tertiary/aromatic N) is 1. The number of carbonyl (C=O) groups excluding carboxylic acids is 1. The summed E-state index contributed by atoms with van der Waals surface area (Å²) in [5.74, 6) is 1.35. The van der Waals surface area contributed by atoms with Crippen LogP contribution < -0.4 is 14.2 Å². The SMILES string of the molecule is CCN(C)C(=O)c1cc(OC)c(OC)c(OC)c1. The Kier molecular flexibility index (Phi) is 4.83. The lowest BCUT2D eigenvalue weighted by atomic mass is 10.1. The predicted octanol–water partition coefficient (Wildman–Crippen LogP) is 1.80. The molecule has 0 heterocycles. The Labute approximate surface area is 107 Å². The molecule has 0 radical (unpaired) electrons. The van der Waals surface area contributed by atoms with E-state index in [9.17, 15) is 4.79 Å². The summed E-state index contributed by atoms with van der Waals surface area (Å²) in [6.07, 6.45) is 0. The molecule has 100 valence electrons. The van der Waals surface area contributed by atoms with Crippen LogP contribution in [0.5, 0.6) is 17.2 Å². The van der Waals surface area contributed by atoms with Crippen LogP contribution in [0.15, 0.2) is 12.1 Å². The van der Waals surface area contributed by atoms with Gasteiger partial charge in [-0.15, -0.1) is 0 Å². The van der Waals surface area contributed by atoms with Crippen LogP contribution in [0.25, 0.3) is 0 Å². The Morgan fingerprint density at radius 1 is 1.11 bits per heavy atom. The molecular weight excluding hydrogens is 234 g/mol. The molecule has 0 spiro atoms. The minimum atomic E-state index is -0.0863. The zero-order valence-electron chi connectivity index (χ0n) is 11.4. The highest BCUT2D eigenvalue weighted by molar-refractivity contribution is 5.95. The Morgan fingerprint density at radius 2 is 1.61 bits per heavy atom. The normalized spacial score (nSPS) is 9.83. The zero-order chi connectivity index (χ0) is 13.7. The smallest absolute Gasteiger partial charge is 0.253 e. The first-order valence-corrected chi connectivity index (χ1v) is 5.64. The van der Waals surface area contributed by atoms with Crippen molar-refractivity contribution in [3.8, 4) is 17.2 Å². The van der Waals surface area contributed by atoms with Crippen molar-refractivity contribution in [3.63, 3.8) is 0 Å². The lowest BCUT2D eigenvalue weighted by Crippen LogP contribution is -2.26. The maximum atomic E-state index is 12.1. The van der Waals surface area contributed by atoms with Crippen molar-refractivity contribution in [2.24, 2.45) is 0 Å². The van der Waals surface area contributed by atoms with Crippen molar-refractivity contribution >= 4 is 5.91 Å². The van der Waals surface area contributed by atoms with Gasteiger partial charge in [0.25, 0.3) is 5.91 Å². The topological polar surface area (TPSA) is 48.0 Å². The summed E-state index contributed by atoms with van der Waals surface area (Å²) < 4.78 is 15.6. The monoisotopic (exact) mass is 253 g/mol. The number of amides is 1. The average Bonchev–Trinajstić information content (AvgIpc) is 2.43. The Balaban J connectivity index is 3.27. The summed E-state index contributed by atoms with van der Waals surface area (Å²) in [5, 5.41) is 0. The molecule has 0 aromatic heterocycles. The first-order chi connectivity index (χ1) is 8.58. The second kappa shape index (κ2) is 6.14. The minimum Gasteiger partial charge on any atom is -0.493 e. The lowest BCUT2D eigenvalue weighted by Gasteiger charge is -2.17. The molecule has 0 bridgehead atoms. The molecule has 1 aromatic carbocycles. The fourth-order valence-electron chi connectivity index (χ4n) is 1.57. The van der Waals surface area contributed by atoms with Crippen molar-refractivity contribution in [2.75, 3.05) is 34.9 Å². The number of carbonyl (C=O) groups is 1. The number of ether oxygens (including phenoxy) is 3. The van der Waals surface area contributed by atoms with Gasteiger partial charge in [0.2, 0.25) is 5.75 Å². The highest BCUT2D eigenvalue weighted by Crippen LogP contribution is 2.38. The van der Waals surface area contributed by atoms with Crippen LogP contribution in [-0.4, -0.2) is 45.7 Å². The van der Waals surface area contributed by atoms with E-state index in [-0.39, 0.29) is 5.91 Å². The van der Waals surface area contributed by atoms with Crippen molar-refractivity contribution in [1.29, 1.82) is 0 Å². The standard InChI is InChI=1S/C13H19NO4/c1-6-14(2)13(15)9-7-10(16-3)12(18-5)11(8-9)17-4/h7-8H,6H2,1-5H3. The fraction of sp³-hybridized carbons (Fsp3) is 0.462. The van der Waals surface area contributed by atoms with Gasteiger partial charge in [0.15, 0.2) is 11.5 Å². The molecule has 5 heteroatoms. The summed E-state index contributed by atoms with van der Waals surface area (Å²) >= 11 is 0. The van der Waals surface area contributed by atoms with Crippen molar-refractivity contribution in [2.45, 2.75) is 6.92 Å². The van der Waals surface area contributed by atoms with Crippen LogP contribution in [-0.2, 0) is 0 Å². The molecule has 0 atom stereocenters. The van der Waals surface area contributed by atoms with E-state index in [1.165, 1.54) is 21.3 Å². The van der Waals surface area contributed by atoms with E-state index >= 15 is 0 Å². The summed E-state index contributed by atoms with van der Waals surface area (Å²) in [6.45, 7) is 2.55. The number of hydrogen-bond donors (Lipinski definition) is 0. The van der Waals surface area contributed by atoms with Gasteiger partial charge in [0.05, 0.1) is 21.3 Å². The third kappa shape index (κ3) is 2.67. The molecular formula is C13H19NO4. The van der Waals surface area contributed by atoms with E-state index in [0.29, 0.717) is 29.4 Å². The highest BCUT2D eigenvalue weighted by Gasteiger charge is 2.18. The van der Waals surface area contributed by atoms with Gasteiger partial charge >= 0.3 is 0 Å². The highest BCUT2D eigenvalue weighted by atomic mass is 16.5. The van der Waals surface area contributed by atoms with E-state index in [1.807, 2.05) is 6.92 Å². The number of hydrogen-bond acceptors (Lipinski definition) is 4. The second-order valence-corrected chi connectivity index (χ2v) is 3.73. The van der Waals surface area contributed by atoms with Gasteiger partial charge in [-0.05, 0) is 19.1 Å². The van der Waals surface area contributed by atoms with E-state index in [2.05, 4.69) is 0 Å². The molecule has 0 aliphatic carbocycles. The van der Waals surface area contributed by atoms with Crippen molar-refractivity contribution in [3.05, 3.63) is 17.7 Å². The molecule has 5 nitrogen and oxygen atoms in total. The fourth-order valence-corrected chi connectivity index (χ4v) is 1.57. The summed E-state index contributed by atoms with van der Waals surface area (Å²) in [5.41, 5.74) is 0.508. The van der Waals surface area contributed by atoms with Crippen LogP contribution in [0.2, 0.25) is 0 Å². The van der Waals surface area contributed by atoms with E-state index in [4.69, 9.17) is 14.2 Å². The molecule has 1 aromatic rings. The molecule has 0 aliphatic rings. The molecule has 1 rings (SSSR count). The number of rotatable bonds is 5. The van der Waals surface area contributed by atoms with Gasteiger partial charge < -0.3 is 19.1 Å². The molecule has 0 fully saturated rings. The van der Waals surface area contributed by atoms with Crippen LogP contribution in [0.1, 0.15) is 17.3 Å². The van der Waals surface area contributed by atoms with E-state index in [0.717, 1.165) is 0 Å².